The Morgan fingerprint density at radius 1 is 0.362 bits per heavy atom. The third-order valence-electron chi connectivity index (χ3n) is 7.11. The molecule has 0 saturated heterocycles. The Hall–Kier alpha value is -5.09. The van der Waals surface area contributed by atoms with Crippen LogP contribution in [0, 0.1) is 87.3 Å². The van der Waals surface area contributed by atoms with Crippen molar-refractivity contribution in [1.82, 2.24) is 0 Å². The molecule has 0 radical (unpaired) electrons. The number of hydrogen-bond acceptors (Lipinski definition) is 1. The van der Waals surface area contributed by atoms with Crippen LogP contribution in [0.3, 0.4) is 0 Å². The third-order valence-corrected chi connectivity index (χ3v) is 7.11. The van der Waals surface area contributed by atoms with Crippen molar-refractivity contribution < 1.29 is 71.0 Å². The van der Waals surface area contributed by atoms with Crippen LogP contribution in [0.2, 0.25) is 0 Å². The second-order valence-corrected chi connectivity index (χ2v) is 9.69. The van der Waals surface area contributed by atoms with Gasteiger partial charge in [0.05, 0.1) is 5.56 Å². The summed E-state index contributed by atoms with van der Waals surface area (Å²) in [5.74, 6) is -42.3. The molecular weight excluding hydrogens is 672 g/mol. The number of hydrogen-bond donors (Lipinski definition) is 1. The molecule has 0 atom stereocenters. The summed E-state index contributed by atoms with van der Waals surface area (Å²) in [5.41, 5.74) is -9.89. The number of halogens is 15. The van der Waals surface area contributed by atoms with Crippen LogP contribution in [-0.4, -0.2) is 11.8 Å². The fourth-order valence-corrected chi connectivity index (χ4v) is 4.91. The maximum absolute atomic E-state index is 15.3. The van der Waals surface area contributed by atoms with Gasteiger partial charge >= 0.3 is 0 Å². The lowest BCUT2D eigenvalue weighted by atomic mass is 9.35. The van der Waals surface area contributed by atoms with Gasteiger partial charge in [0.15, 0.2) is 81.4 Å². The van der Waals surface area contributed by atoms with Gasteiger partial charge < -0.3 is 5.11 Å². The molecule has 0 aromatic heterocycles. The van der Waals surface area contributed by atoms with Crippen LogP contribution in [0.4, 0.5) is 65.9 Å². The zero-order valence-corrected chi connectivity index (χ0v) is 22.2. The van der Waals surface area contributed by atoms with Crippen molar-refractivity contribution >= 4 is 23.1 Å². The van der Waals surface area contributed by atoms with E-state index in [0.717, 1.165) is 30.3 Å². The smallest absolute Gasteiger partial charge is 0.257 e. The van der Waals surface area contributed by atoms with Gasteiger partial charge in [-0.25, -0.2) is 65.9 Å². The van der Waals surface area contributed by atoms with Gasteiger partial charge in [0.1, 0.15) is 5.75 Å². The Labute approximate surface area is 252 Å². The summed E-state index contributed by atoms with van der Waals surface area (Å²) in [5, 5.41) is 9.56. The molecule has 1 N–H and O–H groups in total. The molecule has 0 bridgehead atoms. The van der Waals surface area contributed by atoms with Gasteiger partial charge in [0.25, 0.3) is 6.71 Å². The van der Waals surface area contributed by atoms with Crippen LogP contribution in [0.15, 0.2) is 42.5 Å². The largest absolute Gasteiger partial charge is 0.508 e. The van der Waals surface area contributed by atoms with Crippen molar-refractivity contribution in [2.45, 2.75) is 0 Å². The molecule has 242 valence electrons. The monoisotopic (exact) mass is 680 g/mol. The van der Waals surface area contributed by atoms with Crippen molar-refractivity contribution in [2.24, 2.45) is 0 Å². The number of benzene rings is 5. The maximum atomic E-state index is 15.3. The van der Waals surface area contributed by atoms with Crippen molar-refractivity contribution in [1.29, 1.82) is 0 Å². The van der Waals surface area contributed by atoms with E-state index in [1.54, 1.807) is 0 Å². The first-order valence-electron chi connectivity index (χ1n) is 12.5. The SMILES string of the molecule is Oc1ccc(-c2ccc(B(c3c(F)c(F)c(F)c(F)c3F)c3c(F)c(F)c(F)c(F)c3F)c(-c3c(F)c(F)c(F)c(F)c3F)c2)cc1. The van der Waals surface area contributed by atoms with Crippen molar-refractivity contribution in [3.8, 4) is 28.0 Å². The summed E-state index contributed by atoms with van der Waals surface area (Å²) < 4.78 is 220. The van der Waals surface area contributed by atoms with Crippen LogP contribution in [0.5, 0.6) is 5.75 Å². The minimum atomic E-state index is -3.41. The van der Waals surface area contributed by atoms with Gasteiger partial charge in [0.2, 0.25) is 5.82 Å². The van der Waals surface area contributed by atoms with E-state index < -0.39 is 121 Å². The first kappa shape index (κ1) is 33.3. The predicted octanol–water partition coefficient (Wildman–Crippen LogP) is 7.33. The molecule has 0 saturated carbocycles. The zero-order chi connectivity index (χ0) is 34.8. The highest BCUT2D eigenvalue weighted by Gasteiger charge is 2.42. The summed E-state index contributed by atoms with van der Waals surface area (Å²) in [7, 11) is 0. The highest BCUT2D eigenvalue weighted by atomic mass is 19.2. The molecule has 0 amide bonds. The van der Waals surface area contributed by atoms with Crippen LogP contribution < -0.4 is 16.4 Å². The lowest BCUT2D eigenvalue weighted by molar-refractivity contribution is 0.381. The summed E-state index contributed by atoms with van der Waals surface area (Å²) >= 11 is 0. The molecular formula is C30H8BF15O. The molecule has 0 aliphatic carbocycles. The summed E-state index contributed by atoms with van der Waals surface area (Å²) in [4.78, 5) is 0. The summed E-state index contributed by atoms with van der Waals surface area (Å²) in [6.45, 7) is -3.41. The summed E-state index contributed by atoms with van der Waals surface area (Å²) in [6.07, 6.45) is 0. The molecule has 5 aromatic rings. The molecule has 5 rings (SSSR count). The molecule has 1 nitrogen and oxygen atoms in total. The van der Waals surface area contributed by atoms with Gasteiger partial charge in [-0.3, -0.25) is 0 Å². The standard InChI is InChI=1S/C30H8BF15O/c32-16-13(17(33)23(39)28(44)22(16)38)11-7-9(8-1-4-10(47)5-2-8)3-6-12(11)31(14-18(34)24(40)29(45)25(41)19(14)35)15-20(36)26(42)30(46)27(43)21(15)37/h1-7,47H. The van der Waals surface area contributed by atoms with E-state index in [9.17, 15) is 44.6 Å². The summed E-state index contributed by atoms with van der Waals surface area (Å²) in [6, 6.07) is 5.95. The molecule has 17 heteroatoms. The van der Waals surface area contributed by atoms with E-state index in [1.165, 1.54) is 0 Å². The van der Waals surface area contributed by atoms with E-state index in [4.69, 9.17) is 0 Å². The highest BCUT2D eigenvalue weighted by molar-refractivity contribution is 6.96. The normalized spacial score (nSPS) is 11.4. The van der Waals surface area contributed by atoms with Crippen LogP contribution in [0.1, 0.15) is 0 Å². The Morgan fingerprint density at radius 2 is 0.681 bits per heavy atom. The molecule has 0 heterocycles. The maximum Gasteiger partial charge on any atom is 0.257 e. The Balaban J connectivity index is 2.04. The average molecular weight is 680 g/mol. The second-order valence-electron chi connectivity index (χ2n) is 9.69. The Kier molecular flexibility index (Phi) is 8.45. The molecule has 0 fully saturated rings. The van der Waals surface area contributed by atoms with E-state index in [1.807, 2.05) is 0 Å². The van der Waals surface area contributed by atoms with Crippen LogP contribution in [-0.2, 0) is 0 Å². The third kappa shape index (κ3) is 5.13. The predicted molar refractivity (Wildman–Crippen MR) is 136 cm³/mol. The topological polar surface area (TPSA) is 20.2 Å². The Bertz CT molecular complexity index is 1960. The number of aromatic hydroxyl groups is 1. The fraction of sp³-hybridized carbons (Fsp3) is 0. The fourth-order valence-electron chi connectivity index (χ4n) is 4.91. The molecule has 0 spiro atoms. The van der Waals surface area contributed by atoms with Crippen molar-refractivity contribution in [3.63, 3.8) is 0 Å². The van der Waals surface area contributed by atoms with Gasteiger partial charge in [-0.2, -0.15) is 0 Å². The first-order valence-corrected chi connectivity index (χ1v) is 12.5. The Morgan fingerprint density at radius 3 is 1.06 bits per heavy atom. The number of rotatable bonds is 5. The van der Waals surface area contributed by atoms with Crippen LogP contribution in [0.25, 0.3) is 22.3 Å². The van der Waals surface area contributed by atoms with Crippen LogP contribution >= 0.6 is 0 Å². The number of phenols is 1. The van der Waals surface area contributed by atoms with E-state index in [2.05, 4.69) is 0 Å². The zero-order valence-electron chi connectivity index (χ0n) is 22.2. The molecule has 0 unspecified atom stereocenters. The van der Waals surface area contributed by atoms with Gasteiger partial charge in [0, 0.05) is 10.9 Å². The van der Waals surface area contributed by atoms with Crippen molar-refractivity contribution in [2.75, 3.05) is 0 Å². The lowest BCUT2D eigenvalue weighted by Crippen LogP contribution is -2.58. The minimum Gasteiger partial charge on any atom is -0.508 e. The van der Waals surface area contributed by atoms with E-state index in [-0.39, 0.29) is 16.9 Å². The second kappa shape index (κ2) is 11.9. The van der Waals surface area contributed by atoms with Crippen molar-refractivity contribution in [3.05, 3.63) is 130 Å². The average Bonchev–Trinajstić information content (AvgIpc) is 3.06. The van der Waals surface area contributed by atoms with Gasteiger partial charge in [-0.05, 0) is 34.9 Å². The van der Waals surface area contributed by atoms with E-state index >= 15 is 26.3 Å². The molecule has 5 aromatic carbocycles. The molecule has 0 aliphatic heterocycles. The van der Waals surface area contributed by atoms with E-state index in [0.29, 0.717) is 12.1 Å². The highest BCUT2D eigenvalue weighted by Crippen LogP contribution is 2.34. The first-order chi connectivity index (χ1) is 22.0. The van der Waals surface area contributed by atoms with Gasteiger partial charge in [-0.1, -0.05) is 29.7 Å². The minimum absolute atomic E-state index is 0.0384. The molecule has 0 aliphatic rings. The lowest BCUT2D eigenvalue weighted by Gasteiger charge is -2.23. The van der Waals surface area contributed by atoms with Gasteiger partial charge in [-0.15, -0.1) is 0 Å². The number of phenolic OH excluding ortho intramolecular Hbond substituents is 1. The molecule has 47 heavy (non-hydrogen) atoms. The quantitative estimate of drug-likeness (QED) is 0.0893.